The third-order valence-electron chi connectivity index (χ3n) is 5.57. The number of hydrogen-bond donors (Lipinski definition) is 0. The lowest BCUT2D eigenvalue weighted by atomic mass is 10.1. The maximum absolute atomic E-state index is 14.9. The highest BCUT2D eigenvalue weighted by atomic mass is 19.1. The predicted octanol–water partition coefficient (Wildman–Crippen LogP) is 4.39. The fourth-order valence-electron chi connectivity index (χ4n) is 4.05. The lowest BCUT2D eigenvalue weighted by Crippen LogP contribution is -2.38. The van der Waals surface area contributed by atoms with Crippen LogP contribution in [-0.4, -0.2) is 42.4 Å². The number of benzene rings is 2. The first-order valence-electron chi connectivity index (χ1n) is 10.6. The molecule has 0 saturated heterocycles. The van der Waals surface area contributed by atoms with Crippen molar-refractivity contribution < 1.29 is 23.0 Å². The van der Waals surface area contributed by atoms with E-state index >= 15 is 0 Å². The van der Waals surface area contributed by atoms with Gasteiger partial charge in [0.25, 0.3) is 0 Å². The summed E-state index contributed by atoms with van der Waals surface area (Å²) in [6.45, 7) is 6.10. The molecule has 0 spiro atoms. The van der Waals surface area contributed by atoms with Crippen LogP contribution < -0.4 is 19.1 Å². The minimum Gasteiger partial charge on any atom is -0.486 e. The van der Waals surface area contributed by atoms with Gasteiger partial charge in [-0.05, 0) is 43.7 Å². The van der Waals surface area contributed by atoms with Crippen LogP contribution in [0.2, 0.25) is 0 Å². The monoisotopic (exact) mass is 439 g/mol. The Morgan fingerprint density at radius 2 is 1.78 bits per heavy atom. The van der Waals surface area contributed by atoms with E-state index in [0.29, 0.717) is 61.4 Å². The molecule has 32 heavy (non-hydrogen) atoms. The molecule has 6 nitrogen and oxygen atoms in total. The van der Waals surface area contributed by atoms with Crippen LogP contribution in [0.25, 0.3) is 11.3 Å². The van der Waals surface area contributed by atoms with Gasteiger partial charge in [-0.1, -0.05) is 6.07 Å². The summed E-state index contributed by atoms with van der Waals surface area (Å²) in [5.74, 6) is 0.842. The molecule has 5 rings (SSSR count). The summed E-state index contributed by atoms with van der Waals surface area (Å²) >= 11 is 0. The van der Waals surface area contributed by atoms with Crippen molar-refractivity contribution >= 4 is 5.69 Å². The van der Waals surface area contributed by atoms with E-state index in [9.17, 15) is 8.78 Å². The number of nitrogens with zero attached hydrogens (tertiary/aromatic N) is 3. The molecule has 0 amide bonds. The summed E-state index contributed by atoms with van der Waals surface area (Å²) in [5.41, 5.74) is 1.92. The Bertz CT molecular complexity index is 1170. The average Bonchev–Trinajstić information content (AvgIpc) is 2.79. The highest BCUT2D eigenvalue weighted by Crippen LogP contribution is 2.39. The minimum atomic E-state index is -0.608. The Kier molecular flexibility index (Phi) is 5.28. The van der Waals surface area contributed by atoms with Gasteiger partial charge in [0.05, 0.1) is 18.4 Å². The second-order valence-corrected chi connectivity index (χ2v) is 8.08. The first-order chi connectivity index (χ1) is 15.5. The number of ether oxygens (including phenoxy) is 3. The molecule has 0 atom stereocenters. The van der Waals surface area contributed by atoms with Crippen LogP contribution in [0.15, 0.2) is 36.5 Å². The zero-order chi connectivity index (χ0) is 22.2. The van der Waals surface area contributed by atoms with Crippen LogP contribution in [0.1, 0.15) is 25.2 Å². The molecular formula is C24H23F2N3O3. The zero-order valence-corrected chi connectivity index (χ0v) is 17.9. The summed E-state index contributed by atoms with van der Waals surface area (Å²) in [6.07, 6.45) is 1.50. The Labute approximate surface area is 184 Å². The Balaban J connectivity index is 1.49. The Hall–Kier alpha value is -3.42. The van der Waals surface area contributed by atoms with E-state index in [1.165, 1.54) is 6.07 Å². The fourth-order valence-corrected chi connectivity index (χ4v) is 4.05. The zero-order valence-electron chi connectivity index (χ0n) is 17.9. The van der Waals surface area contributed by atoms with Crippen molar-refractivity contribution in [1.29, 1.82) is 0 Å². The molecule has 0 aliphatic carbocycles. The molecular weight excluding hydrogens is 416 g/mol. The highest BCUT2D eigenvalue weighted by molar-refractivity contribution is 5.72. The third-order valence-corrected chi connectivity index (χ3v) is 5.57. The van der Waals surface area contributed by atoms with E-state index < -0.39 is 11.6 Å². The van der Waals surface area contributed by atoms with E-state index in [2.05, 4.69) is 9.97 Å². The SMILES string of the molecule is CC(C)N1CCOc2c(F)cc(-c3nc(Cc4ccc5c(c4)OCCO5)ncc3F)cc21. The summed E-state index contributed by atoms with van der Waals surface area (Å²) in [6, 6.07) is 8.76. The maximum atomic E-state index is 14.9. The number of anilines is 1. The molecule has 8 heteroatoms. The van der Waals surface area contributed by atoms with Gasteiger partial charge in [0.15, 0.2) is 28.9 Å². The number of hydrogen-bond acceptors (Lipinski definition) is 6. The van der Waals surface area contributed by atoms with Crippen molar-refractivity contribution in [3.05, 3.63) is 59.6 Å². The number of aromatic nitrogens is 2. The van der Waals surface area contributed by atoms with Crippen LogP contribution in [0.5, 0.6) is 17.2 Å². The van der Waals surface area contributed by atoms with Gasteiger partial charge >= 0.3 is 0 Å². The van der Waals surface area contributed by atoms with Crippen LogP contribution in [0.4, 0.5) is 14.5 Å². The second-order valence-electron chi connectivity index (χ2n) is 8.08. The fraction of sp³-hybridized carbons (Fsp3) is 0.333. The molecule has 3 heterocycles. The van der Waals surface area contributed by atoms with E-state index in [-0.39, 0.29) is 17.5 Å². The van der Waals surface area contributed by atoms with Gasteiger partial charge in [0.2, 0.25) is 0 Å². The van der Waals surface area contributed by atoms with Crippen molar-refractivity contribution in [1.82, 2.24) is 9.97 Å². The largest absolute Gasteiger partial charge is 0.486 e. The summed E-state index contributed by atoms with van der Waals surface area (Å²) in [7, 11) is 0. The van der Waals surface area contributed by atoms with Crippen LogP contribution in [-0.2, 0) is 6.42 Å². The molecule has 0 fully saturated rings. The molecule has 0 bridgehead atoms. The van der Waals surface area contributed by atoms with Crippen LogP contribution >= 0.6 is 0 Å². The van der Waals surface area contributed by atoms with Crippen LogP contribution in [0, 0.1) is 11.6 Å². The highest BCUT2D eigenvalue weighted by Gasteiger charge is 2.25. The van der Waals surface area contributed by atoms with Gasteiger partial charge < -0.3 is 19.1 Å². The van der Waals surface area contributed by atoms with Crippen molar-refractivity contribution in [2.24, 2.45) is 0 Å². The topological polar surface area (TPSA) is 56.7 Å². The van der Waals surface area contributed by atoms with Gasteiger partial charge in [-0.15, -0.1) is 0 Å². The van der Waals surface area contributed by atoms with Crippen molar-refractivity contribution in [3.8, 4) is 28.5 Å². The molecule has 3 aromatic rings. The Morgan fingerprint density at radius 3 is 2.59 bits per heavy atom. The molecule has 0 saturated carbocycles. The first-order valence-corrected chi connectivity index (χ1v) is 10.6. The van der Waals surface area contributed by atoms with Crippen LogP contribution in [0.3, 0.4) is 0 Å². The van der Waals surface area contributed by atoms with Gasteiger partial charge in [0.1, 0.15) is 31.3 Å². The molecule has 166 valence electrons. The molecule has 2 aromatic carbocycles. The third kappa shape index (κ3) is 3.81. The normalized spacial score (nSPS) is 14.8. The van der Waals surface area contributed by atoms with E-state index in [4.69, 9.17) is 14.2 Å². The number of halogens is 2. The van der Waals surface area contributed by atoms with Crippen molar-refractivity contribution in [3.63, 3.8) is 0 Å². The minimum absolute atomic E-state index is 0.0588. The Morgan fingerprint density at radius 1 is 0.969 bits per heavy atom. The molecule has 0 unspecified atom stereocenters. The summed E-state index contributed by atoms with van der Waals surface area (Å²) in [4.78, 5) is 10.6. The van der Waals surface area contributed by atoms with E-state index in [1.54, 1.807) is 6.07 Å². The predicted molar refractivity (Wildman–Crippen MR) is 116 cm³/mol. The number of fused-ring (bicyclic) bond motifs is 2. The smallest absolute Gasteiger partial charge is 0.178 e. The van der Waals surface area contributed by atoms with Gasteiger partial charge in [-0.25, -0.2) is 18.7 Å². The molecule has 2 aliphatic heterocycles. The van der Waals surface area contributed by atoms with Gasteiger partial charge in [-0.3, -0.25) is 0 Å². The quantitative estimate of drug-likeness (QED) is 0.601. The van der Waals surface area contributed by atoms with E-state index in [1.807, 2.05) is 36.9 Å². The van der Waals surface area contributed by atoms with Gasteiger partial charge in [-0.2, -0.15) is 0 Å². The molecule has 0 radical (unpaired) electrons. The first kappa shape index (κ1) is 20.5. The van der Waals surface area contributed by atoms with Gasteiger partial charge in [0, 0.05) is 18.0 Å². The lowest BCUT2D eigenvalue weighted by Gasteiger charge is -2.34. The summed E-state index contributed by atoms with van der Waals surface area (Å²) < 4.78 is 46.3. The average molecular weight is 439 g/mol. The number of rotatable bonds is 4. The molecule has 2 aliphatic rings. The van der Waals surface area contributed by atoms with E-state index in [0.717, 1.165) is 11.8 Å². The van der Waals surface area contributed by atoms with Crippen molar-refractivity contribution in [2.75, 3.05) is 31.3 Å². The molecule has 0 N–H and O–H groups in total. The standard InChI is InChI=1S/C24H23F2N3O3/c1-14(2)29-5-6-32-24-17(25)11-16(12-19(24)29)23-18(26)13-27-22(28-23)10-15-3-4-20-21(9-15)31-8-7-30-20/h3-4,9,11-14H,5-8,10H2,1-2H3. The van der Waals surface area contributed by atoms with Crippen molar-refractivity contribution in [2.45, 2.75) is 26.3 Å². The lowest BCUT2D eigenvalue weighted by molar-refractivity contribution is 0.171. The maximum Gasteiger partial charge on any atom is 0.178 e. The summed E-state index contributed by atoms with van der Waals surface area (Å²) in [5, 5.41) is 0. The second kappa shape index (κ2) is 8.26. The molecule has 1 aromatic heterocycles.